The minimum Gasteiger partial charge on any atom is -0.490 e. The predicted octanol–water partition coefficient (Wildman–Crippen LogP) is 3.72. The topological polar surface area (TPSA) is 58.6 Å². The van der Waals surface area contributed by atoms with Crippen LogP contribution >= 0.6 is 0 Å². The van der Waals surface area contributed by atoms with Gasteiger partial charge in [-0.25, -0.2) is 0 Å². The fourth-order valence-electron chi connectivity index (χ4n) is 3.20. The van der Waals surface area contributed by atoms with Crippen molar-refractivity contribution in [2.45, 2.75) is 13.0 Å². The third-order valence-corrected chi connectivity index (χ3v) is 4.80. The molecule has 5 heteroatoms. The lowest BCUT2D eigenvalue weighted by atomic mass is 10.0. The molecule has 3 aromatic carbocycles. The lowest BCUT2D eigenvalue weighted by Gasteiger charge is -2.18. The number of amides is 2. The molecule has 0 bridgehead atoms. The second-order valence-electron chi connectivity index (χ2n) is 7.09. The molecule has 3 rings (SSSR count). The van der Waals surface area contributed by atoms with Gasteiger partial charge in [0.05, 0.1) is 13.0 Å². The van der Waals surface area contributed by atoms with Crippen LogP contribution in [0.3, 0.4) is 0 Å². The summed E-state index contributed by atoms with van der Waals surface area (Å²) in [7, 11) is 1.72. The minimum absolute atomic E-state index is 0.0272. The molecule has 154 valence electrons. The van der Waals surface area contributed by atoms with Crippen molar-refractivity contribution >= 4 is 22.6 Å². The van der Waals surface area contributed by atoms with Crippen LogP contribution < -0.4 is 10.1 Å². The number of hydrogen-bond acceptors (Lipinski definition) is 3. The zero-order valence-corrected chi connectivity index (χ0v) is 17.1. The number of carbonyl (C=O) groups excluding carboxylic acids is 2. The van der Waals surface area contributed by atoms with Crippen molar-refractivity contribution in [1.82, 2.24) is 10.2 Å². The molecule has 0 saturated carbocycles. The number of likely N-dealkylation sites (N-methyl/N-ethyl adjacent to an activating group) is 1. The number of carbonyl (C=O) groups is 2. The number of ether oxygens (including phenoxy) is 1. The maximum atomic E-state index is 12.4. The lowest BCUT2D eigenvalue weighted by molar-refractivity contribution is -0.132. The van der Waals surface area contributed by atoms with Crippen molar-refractivity contribution < 1.29 is 14.3 Å². The van der Waals surface area contributed by atoms with Gasteiger partial charge in [0.2, 0.25) is 11.8 Å². The Bertz CT molecular complexity index is 1020. The second-order valence-corrected chi connectivity index (χ2v) is 7.09. The Kier molecular flexibility index (Phi) is 7.22. The summed E-state index contributed by atoms with van der Waals surface area (Å²) in [6.45, 7) is 4.50. The zero-order valence-electron chi connectivity index (χ0n) is 17.1. The largest absolute Gasteiger partial charge is 0.490 e. The molecule has 0 spiro atoms. The van der Waals surface area contributed by atoms with Crippen molar-refractivity contribution in [2.24, 2.45) is 0 Å². The van der Waals surface area contributed by atoms with Crippen LogP contribution in [0.15, 0.2) is 79.4 Å². The van der Waals surface area contributed by atoms with Crippen molar-refractivity contribution in [1.29, 1.82) is 0 Å². The van der Waals surface area contributed by atoms with Gasteiger partial charge in [-0.15, -0.1) is 0 Å². The standard InChI is InChI=1S/C25H26N2O3/c1-3-15-30-22-13-11-19(12-14-22)18-27(2)25(29)17-26-24(28)16-21-9-6-8-20-7-4-5-10-23(20)21/h3-14H,1,15-18H2,2H3,(H,26,28). The smallest absolute Gasteiger partial charge is 0.242 e. The van der Waals surface area contributed by atoms with Crippen LogP contribution in [0, 0.1) is 0 Å². The van der Waals surface area contributed by atoms with E-state index in [9.17, 15) is 9.59 Å². The SMILES string of the molecule is C=CCOc1ccc(CN(C)C(=O)CNC(=O)Cc2cccc3ccccc23)cc1. The van der Waals surface area contributed by atoms with E-state index in [4.69, 9.17) is 4.74 Å². The van der Waals surface area contributed by atoms with Gasteiger partial charge in [0.1, 0.15) is 12.4 Å². The van der Waals surface area contributed by atoms with Crippen LogP contribution in [0.5, 0.6) is 5.75 Å². The van der Waals surface area contributed by atoms with Gasteiger partial charge in [-0.3, -0.25) is 9.59 Å². The molecule has 0 unspecified atom stereocenters. The number of benzene rings is 3. The first-order chi connectivity index (χ1) is 14.6. The molecule has 0 aliphatic rings. The van der Waals surface area contributed by atoms with Crippen LogP contribution in [0.25, 0.3) is 10.8 Å². The summed E-state index contributed by atoms with van der Waals surface area (Å²) < 4.78 is 5.46. The second kappa shape index (κ2) is 10.3. The molecule has 0 aromatic heterocycles. The summed E-state index contributed by atoms with van der Waals surface area (Å²) in [5, 5.41) is 4.89. The molecule has 1 N–H and O–H groups in total. The monoisotopic (exact) mass is 402 g/mol. The van der Waals surface area contributed by atoms with E-state index in [-0.39, 0.29) is 24.8 Å². The molecule has 0 saturated heterocycles. The Morgan fingerprint density at radius 2 is 1.77 bits per heavy atom. The van der Waals surface area contributed by atoms with E-state index in [2.05, 4.69) is 11.9 Å². The molecular weight excluding hydrogens is 376 g/mol. The Hall–Kier alpha value is -3.60. The molecule has 0 radical (unpaired) electrons. The average Bonchev–Trinajstić information content (AvgIpc) is 2.77. The summed E-state index contributed by atoms with van der Waals surface area (Å²) in [5.41, 5.74) is 1.93. The van der Waals surface area contributed by atoms with Gasteiger partial charge in [0.15, 0.2) is 0 Å². The van der Waals surface area contributed by atoms with Crippen molar-refractivity contribution in [2.75, 3.05) is 20.2 Å². The van der Waals surface area contributed by atoms with Crippen molar-refractivity contribution in [3.05, 3.63) is 90.5 Å². The normalized spacial score (nSPS) is 10.4. The molecule has 2 amide bonds. The highest BCUT2D eigenvalue weighted by Crippen LogP contribution is 2.19. The van der Waals surface area contributed by atoms with Gasteiger partial charge >= 0.3 is 0 Å². The molecule has 3 aromatic rings. The average molecular weight is 402 g/mol. The maximum Gasteiger partial charge on any atom is 0.242 e. The van der Waals surface area contributed by atoms with Crippen LogP contribution in [-0.4, -0.2) is 36.9 Å². The maximum absolute atomic E-state index is 12.4. The van der Waals surface area contributed by atoms with Gasteiger partial charge in [0.25, 0.3) is 0 Å². The fraction of sp³-hybridized carbons (Fsp3) is 0.200. The van der Waals surface area contributed by atoms with Crippen LogP contribution in [0.4, 0.5) is 0 Å². The fourth-order valence-corrected chi connectivity index (χ4v) is 3.20. The first-order valence-corrected chi connectivity index (χ1v) is 9.87. The van der Waals surface area contributed by atoms with Gasteiger partial charge in [-0.05, 0) is 34.0 Å². The molecular formula is C25H26N2O3. The van der Waals surface area contributed by atoms with Gasteiger partial charge in [0, 0.05) is 13.6 Å². The van der Waals surface area contributed by atoms with Gasteiger partial charge in [-0.1, -0.05) is 67.3 Å². The molecule has 30 heavy (non-hydrogen) atoms. The number of fused-ring (bicyclic) bond motifs is 1. The number of nitrogens with zero attached hydrogens (tertiary/aromatic N) is 1. The van der Waals surface area contributed by atoms with Crippen molar-refractivity contribution in [3.63, 3.8) is 0 Å². The first-order valence-electron chi connectivity index (χ1n) is 9.87. The van der Waals surface area contributed by atoms with E-state index in [1.54, 1.807) is 18.0 Å². The van der Waals surface area contributed by atoms with E-state index in [0.29, 0.717) is 13.2 Å². The van der Waals surface area contributed by atoms with E-state index in [0.717, 1.165) is 27.6 Å². The number of hydrogen-bond donors (Lipinski definition) is 1. The Morgan fingerprint density at radius 1 is 1.03 bits per heavy atom. The van der Waals surface area contributed by atoms with E-state index < -0.39 is 0 Å². The van der Waals surface area contributed by atoms with Crippen LogP contribution in [0.1, 0.15) is 11.1 Å². The third-order valence-electron chi connectivity index (χ3n) is 4.80. The Morgan fingerprint density at radius 3 is 2.53 bits per heavy atom. The number of rotatable bonds is 9. The molecule has 0 aliphatic carbocycles. The van der Waals surface area contributed by atoms with Gasteiger partial charge < -0.3 is 15.0 Å². The van der Waals surface area contributed by atoms with E-state index in [1.165, 1.54) is 0 Å². The third kappa shape index (κ3) is 5.70. The highest BCUT2D eigenvalue weighted by atomic mass is 16.5. The Labute approximate surface area is 177 Å². The molecule has 0 fully saturated rings. The minimum atomic E-state index is -0.170. The summed E-state index contributed by atoms with van der Waals surface area (Å²) in [6.07, 6.45) is 1.93. The van der Waals surface area contributed by atoms with Crippen LogP contribution in [0.2, 0.25) is 0 Å². The van der Waals surface area contributed by atoms with Crippen molar-refractivity contribution in [3.8, 4) is 5.75 Å². The molecule has 0 aliphatic heterocycles. The van der Waals surface area contributed by atoms with E-state index in [1.807, 2.05) is 66.7 Å². The van der Waals surface area contributed by atoms with Crippen LogP contribution in [-0.2, 0) is 22.6 Å². The zero-order chi connectivity index (χ0) is 21.3. The highest BCUT2D eigenvalue weighted by molar-refractivity contribution is 5.91. The first kappa shape index (κ1) is 21.1. The van der Waals surface area contributed by atoms with Gasteiger partial charge in [-0.2, -0.15) is 0 Å². The molecule has 0 atom stereocenters. The summed E-state index contributed by atoms with van der Waals surface area (Å²) in [4.78, 5) is 26.4. The summed E-state index contributed by atoms with van der Waals surface area (Å²) >= 11 is 0. The molecule has 0 heterocycles. The molecule has 5 nitrogen and oxygen atoms in total. The van der Waals surface area contributed by atoms with E-state index >= 15 is 0 Å². The number of nitrogens with one attached hydrogen (secondary N) is 1. The summed E-state index contributed by atoms with van der Waals surface area (Å²) in [6, 6.07) is 21.4. The Balaban J connectivity index is 1.49. The predicted molar refractivity (Wildman–Crippen MR) is 119 cm³/mol. The quantitative estimate of drug-likeness (QED) is 0.555. The lowest BCUT2D eigenvalue weighted by Crippen LogP contribution is -2.38. The highest BCUT2D eigenvalue weighted by Gasteiger charge is 2.12. The summed E-state index contributed by atoms with van der Waals surface area (Å²) in [5.74, 6) is 0.443.